The molecule has 0 saturated heterocycles. The zero-order valence-electron chi connectivity index (χ0n) is 21.4. The topological polar surface area (TPSA) is 72.8 Å². The highest BCUT2D eigenvalue weighted by atomic mass is 16.6. The number of hydrogen-bond acceptors (Lipinski definition) is 5. The minimum absolute atomic E-state index is 0.277. The van der Waals surface area contributed by atoms with Crippen LogP contribution in [-0.4, -0.2) is 22.6 Å². The third-order valence-corrected chi connectivity index (χ3v) is 5.71. The monoisotopic (exact) mass is 484 g/mol. The first-order valence-corrected chi connectivity index (χ1v) is 11.6. The fourth-order valence-electron chi connectivity index (χ4n) is 3.74. The van der Waals surface area contributed by atoms with Gasteiger partial charge in [0.1, 0.15) is 11.4 Å². The van der Waals surface area contributed by atoms with Crippen LogP contribution in [-0.2, 0) is 14.3 Å². The van der Waals surface area contributed by atoms with E-state index in [2.05, 4.69) is 25.3 Å². The van der Waals surface area contributed by atoms with Crippen LogP contribution >= 0.6 is 0 Å². The first kappa shape index (κ1) is 26.6. The van der Waals surface area contributed by atoms with Gasteiger partial charge in [-0.15, -0.1) is 0 Å². The maximum Gasteiger partial charge on any atom is 0.338 e. The van der Waals surface area contributed by atoms with Gasteiger partial charge < -0.3 is 14.6 Å². The molecule has 0 aromatic heterocycles. The van der Waals surface area contributed by atoms with Crippen LogP contribution in [0.3, 0.4) is 0 Å². The van der Waals surface area contributed by atoms with Crippen molar-refractivity contribution in [3.63, 3.8) is 0 Å². The Hall–Kier alpha value is -3.96. The van der Waals surface area contributed by atoms with E-state index in [1.807, 2.05) is 49.4 Å². The van der Waals surface area contributed by atoms with Crippen LogP contribution in [0.5, 0.6) is 5.75 Å². The molecule has 0 spiro atoms. The molecule has 0 amide bonds. The second kappa shape index (κ2) is 10.8. The lowest BCUT2D eigenvalue weighted by atomic mass is 9.92. The molecule has 36 heavy (non-hydrogen) atoms. The molecule has 1 atom stereocenters. The largest absolute Gasteiger partial charge is 0.451 e. The normalized spacial score (nSPS) is 11.9. The Morgan fingerprint density at radius 3 is 1.83 bits per heavy atom. The van der Waals surface area contributed by atoms with Gasteiger partial charge in [-0.05, 0) is 80.1 Å². The zero-order chi connectivity index (χ0) is 26.6. The van der Waals surface area contributed by atoms with Gasteiger partial charge in [-0.1, -0.05) is 67.8 Å². The van der Waals surface area contributed by atoms with Crippen molar-refractivity contribution in [1.82, 2.24) is 0 Å². The molecule has 0 heterocycles. The molecule has 0 radical (unpaired) electrons. The molecule has 0 aliphatic rings. The number of benzene rings is 3. The van der Waals surface area contributed by atoms with Gasteiger partial charge >= 0.3 is 11.9 Å². The standard InChI is InChI=1S/C31H32O5/c1-19(2)29(32)35-26-15-12-23(13-16-26)27-17-14-25(18-21(27)5)22-8-10-24(11-9-22)28(31(6,7)34)36-30(33)20(3)4/h8-18,28,34H,1,3H2,2,4-7H3. The molecule has 3 aromatic rings. The van der Waals surface area contributed by atoms with E-state index in [0.717, 1.165) is 27.8 Å². The Kier molecular flexibility index (Phi) is 7.96. The number of hydrogen-bond donors (Lipinski definition) is 1. The lowest BCUT2D eigenvalue weighted by Crippen LogP contribution is -2.32. The molecule has 5 nitrogen and oxygen atoms in total. The summed E-state index contributed by atoms with van der Waals surface area (Å²) in [5, 5.41) is 10.6. The molecular weight excluding hydrogens is 452 g/mol. The average Bonchev–Trinajstić information content (AvgIpc) is 2.82. The third kappa shape index (κ3) is 6.37. The highest BCUT2D eigenvalue weighted by molar-refractivity contribution is 5.89. The van der Waals surface area contributed by atoms with Crippen molar-refractivity contribution < 1.29 is 24.2 Å². The molecule has 1 unspecified atom stereocenters. The van der Waals surface area contributed by atoms with Crippen molar-refractivity contribution in [2.75, 3.05) is 0 Å². The van der Waals surface area contributed by atoms with Crippen molar-refractivity contribution in [1.29, 1.82) is 0 Å². The summed E-state index contributed by atoms with van der Waals surface area (Å²) in [5.74, 6) is -0.518. The van der Waals surface area contributed by atoms with Crippen molar-refractivity contribution in [2.24, 2.45) is 0 Å². The molecule has 3 aromatic carbocycles. The van der Waals surface area contributed by atoms with Crippen molar-refractivity contribution in [3.8, 4) is 28.0 Å². The number of ether oxygens (including phenoxy) is 2. The van der Waals surface area contributed by atoms with Gasteiger partial charge in [0, 0.05) is 11.1 Å². The molecule has 3 rings (SSSR count). The molecule has 0 bridgehead atoms. The maximum atomic E-state index is 12.1. The number of aryl methyl sites for hydroxylation is 1. The summed E-state index contributed by atoms with van der Waals surface area (Å²) >= 11 is 0. The lowest BCUT2D eigenvalue weighted by molar-refractivity contribution is -0.158. The summed E-state index contributed by atoms with van der Waals surface area (Å²) in [6.45, 7) is 15.7. The first-order chi connectivity index (χ1) is 16.9. The summed E-state index contributed by atoms with van der Waals surface area (Å²) in [6, 6.07) is 21.2. The fourth-order valence-corrected chi connectivity index (χ4v) is 3.74. The summed E-state index contributed by atoms with van der Waals surface area (Å²) < 4.78 is 10.8. The Labute approximate surface area is 212 Å². The fraction of sp³-hybridized carbons (Fsp3) is 0.226. The molecule has 0 saturated carbocycles. The average molecular weight is 485 g/mol. The van der Waals surface area contributed by atoms with Crippen LogP contribution < -0.4 is 4.74 Å². The predicted octanol–water partition coefficient (Wildman–Crippen LogP) is 6.74. The van der Waals surface area contributed by atoms with Crippen LogP contribution in [0.25, 0.3) is 22.3 Å². The van der Waals surface area contributed by atoms with Gasteiger partial charge in [0.15, 0.2) is 6.10 Å². The van der Waals surface area contributed by atoms with Gasteiger partial charge in [0.05, 0.1) is 0 Å². The second-order valence-electron chi connectivity index (χ2n) is 9.57. The van der Waals surface area contributed by atoms with Gasteiger partial charge in [-0.25, -0.2) is 9.59 Å². The first-order valence-electron chi connectivity index (χ1n) is 11.6. The number of carbonyl (C=O) groups is 2. The third-order valence-electron chi connectivity index (χ3n) is 5.71. The quantitative estimate of drug-likeness (QED) is 0.218. The molecule has 0 aliphatic heterocycles. The molecule has 0 aliphatic carbocycles. The summed E-state index contributed by atoms with van der Waals surface area (Å²) in [4.78, 5) is 23.8. The molecule has 186 valence electrons. The number of aliphatic hydroxyl groups is 1. The predicted molar refractivity (Wildman–Crippen MR) is 142 cm³/mol. The highest BCUT2D eigenvalue weighted by Crippen LogP contribution is 2.33. The van der Waals surface area contributed by atoms with Crippen molar-refractivity contribution >= 4 is 11.9 Å². The van der Waals surface area contributed by atoms with Crippen LogP contribution in [0.1, 0.15) is 44.9 Å². The SMILES string of the molecule is C=C(C)C(=O)Oc1ccc(-c2ccc(-c3ccc(C(OC(=O)C(=C)C)C(C)(C)O)cc3)cc2C)cc1. The Balaban J connectivity index is 1.82. The Bertz CT molecular complexity index is 1290. The Morgan fingerprint density at radius 2 is 1.33 bits per heavy atom. The van der Waals surface area contributed by atoms with E-state index in [0.29, 0.717) is 16.9 Å². The molecular formula is C31H32O5. The van der Waals surface area contributed by atoms with Crippen LogP contribution in [0, 0.1) is 6.92 Å². The van der Waals surface area contributed by atoms with Gasteiger partial charge in [-0.2, -0.15) is 0 Å². The van der Waals surface area contributed by atoms with Crippen LogP contribution in [0.15, 0.2) is 91.0 Å². The van der Waals surface area contributed by atoms with Crippen molar-refractivity contribution in [3.05, 3.63) is 102 Å². The minimum Gasteiger partial charge on any atom is -0.451 e. The minimum atomic E-state index is -1.26. The summed E-state index contributed by atoms with van der Waals surface area (Å²) in [6.07, 6.45) is -0.822. The van der Waals surface area contributed by atoms with E-state index in [-0.39, 0.29) is 5.57 Å². The van der Waals surface area contributed by atoms with Gasteiger partial charge in [0.25, 0.3) is 0 Å². The maximum absolute atomic E-state index is 12.1. The second-order valence-corrected chi connectivity index (χ2v) is 9.57. The zero-order valence-corrected chi connectivity index (χ0v) is 21.4. The van der Waals surface area contributed by atoms with Crippen LogP contribution in [0.4, 0.5) is 0 Å². The molecule has 5 heteroatoms. The van der Waals surface area contributed by atoms with Crippen molar-refractivity contribution in [2.45, 2.75) is 46.3 Å². The number of carbonyl (C=O) groups excluding carboxylic acids is 2. The molecule has 0 fully saturated rings. The van der Waals surface area contributed by atoms with E-state index in [4.69, 9.17) is 9.47 Å². The molecule has 1 N–H and O–H groups in total. The number of rotatable bonds is 8. The highest BCUT2D eigenvalue weighted by Gasteiger charge is 2.32. The van der Waals surface area contributed by atoms with E-state index in [9.17, 15) is 14.7 Å². The van der Waals surface area contributed by atoms with E-state index >= 15 is 0 Å². The Morgan fingerprint density at radius 1 is 0.806 bits per heavy atom. The summed E-state index contributed by atoms with van der Waals surface area (Å²) in [5.41, 5.74) is 5.27. The number of esters is 2. The van der Waals surface area contributed by atoms with Gasteiger partial charge in [-0.3, -0.25) is 0 Å². The smallest absolute Gasteiger partial charge is 0.338 e. The van der Waals surface area contributed by atoms with E-state index < -0.39 is 23.6 Å². The van der Waals surface area contributed by atoms with E-state index in [1.54, 1.807) is 39.8 Å². The lowest BCUT2D eigenvalue weighted by Gasteiger charge is -2.29. The summed E-state index contributed by atoms with van der Waals surface area (Å²) in [7, 11) is 0. The van der Waals surface area contributed by atoms with E-state index in [1.165, 1.54) is 0 Å². The van der Waals surface area contributed by atoms with Crippen LogP contribution in [0.2, 0.25) is 0 Å². The van der Waals surface area contributed by atoms with Gasteiger partial charge in [0.2, 0.25) is 0 Å².